The van der Waals surface area contributed by atoms with Crippen molar-refractivity contribution in [3.05, 3.63) is 48.0 Å². The Kier molecular flexibility index (Phi) is 8.00. The Morgan fingerprint density at radius 3 is 1.93 bits per heavy atom. The number of rotatable bonds is 1. The zero-order chi connectivity index (χ0) is 19.4. The molecule has 0 unspecified atom stereocenters. The maximum Gasteiger partial charge on any atom is 0.171 e. The molecule has 0 radical (unpaired) electrons. The van der Waals surface area contributed by atoms with Gasteiger partial charge in [0.1, 0.15) is 13.2 Å². The van der Waals surface area contributed by atoms with Gasteiger partial charge in [0.25, 0.3) is 0 Å². The van der Waals surface area contributed by atoms with Crippen LogP contribution in [0.25, 0.3) is 0 Å². The van der Waals surface area contributed by atoms with Gasteiger partial charge in [-0.3, -0.25) is 4.79 Å². The van der Waals surface area contributed by atoms with E-state index in [0.717, 1.165) is 37.0 Å². The SMILES string of the molecule is O=Cc1cccc2c1OCCOCCOc1ccccc1OCCCCCO2. The number of aldehydes is 1. The number of hydrogen-bond donors (Lipinski definition) is 0. The van der Waals surface area contributed by atoms with E-state index in [4.69, 9.17) is 23.7 Å². The first-order valence-electron chi connectivity index (χ1n) is 9.64. The Bertz CT molecular complexity index is 746. The van der Waals surface area contributed by atoms with E-state index in [1.807, 2.05) is 30.3 Å². The van der Waals surface area contributed by atoms with Gasteiger partial charge in [0.2, 0.25) is 0 Å². The molecule has 3 rings (SSSR count). The summed E-state index contributed by atoms with van der Waals surface area (Å²) in [7, 11) is 0. The summed E-state index contributed by atoms with van der Waals surface area (Å²) in [5.74, 6) is 2.52. The van der Waals surface area contributed by atoms with Crippen LogP contribution in [0.2, 0.25) is 0 Å². The van der Waals surface area contributed by atoms with Crippen molar-refractivity contribution < 1.29 is 28.5 Å². The van der Waals surface area contributed by atoms with Gasteiger partial charge in [0.15, 0.2) is 29.3 Å². The first kappa shape index (κ1) is 20.0. The number of para-hydroxylation sites is 3. The minimum Gasteiger partial charge on any atom is -0.490 e. The molecule has 0 fully saturated rings. The van der Waals surface area contributed by atoms with Crippen molar-refractivity contribution in [1.29, 1.82) is 0 Å². The van der Waals surface area contributed by atoms with Crippen molar-refractivity contribution in [1.82, 2.24) is 0 Å². The van der Waals surface area contributed by atoms with Crippen LogP contribution in [0.4, 0.5) is 0 Å². The molecular formula is C22H26O6. The van der Waals surface area contributed by atoms with Crippen molar-refractivity contribution in [2.75, 3.05) is 39.6 Å². The lowest BCUT2D eigenvalue weighted by Crippen LogP contribution is -2.13. The van der Waals surface area contributed by atoms with Crippen LogP contribution in [-0.4, -0.2) is 45.9 Å². The fourth-order valence-corrected chi connectivity index (χ4v) is 2.84. The van der Waals surface area contributed by atoms with Crippen molar-refractivity contribution >= 4 is 6.29 Å². The van der Waals surface area contributed by atoms with E-state index in [9.17, 15) is 4.79 Å². The molecular weight excluding hydrogens is 360 g/mol. The number of carbonyl (C=O) groups excluding carboxylic acids is 1. The predicted octanol–water partition coefficient (Wildman–Crippen LogP) is 3.92. The molecule has 0 saturated carbocycles. The van der Waals surface area contributed by atoms with E-state index < -0.39 is 0 Å². The van der Waals surface area contributed by atoms with Gasteiger partial charge in [-0.15, -0.1) is 0 Å². The molecule has 6 nitrogen and oxygen atoms in total. The maximum absolute atomic E-state index is 11.3. The number of ether oxygens (including phenoxy) is 5. The molecule has 0 N–H and O–H groups in total. The molecule has 28 heavy (non-hydrogen) atoms. The van der Waals surface area contributed by atoms with Gasteiger partial charge >= 0.3 is 0 Å². The molecule has 6 heteroatoms. The largest absolute Gasteiger partial charge is 0.490 e. The zero-order valence-corrected chi connectivity index (χ0v) is 15.9. The van der Waals surface area contributed by atoms with Crippen LogP contribution >= 0.6 is 0 Å². The molecule has 2 aromatic carbocycles. The molecule has 0 amide bonds. The highest BCUT2D eigenvalue weighted by Crippen LogP contribution is 2.31. The monoisotopic (exact) mass is 386 g/mol. The second-order valence-electron chi connectivity index (χ2n) is 6.31. The average Bonchev–Trinajstić information content (AvgIpc) is 2.73. The summed E-state index contributed by atoms with van der Waals surface area (Å²) in [5, 5.41) is 0. The lowest BCUT2D eigenvalue weighted by atomic mass is 10.2. The van der Waals surface area contributed by atoms with Gasteiger partial charge in [-0.2, -0.15) is 0 Å². The molecule has 0 spiro atoms. The second kappa shape index (κ2) is 11.2. The molecule has 0 saturated heterocycles. The summed E-state index contributed by atoms with van der Waals surface area (Å²) in [6.45, 7) is 2.71. The molecule has 1 heterocycles. The fourth-order valence-electron chi connectivity index (χ4n) is 2.84. The summed E-state index contributed by atoms with van der Waals surface area (Å²) in [6.07, 6.45) is 3.55. The van der Waals surface area contributed by atoms with Gasteiger partial charge in [0, 0.05) is 0 Å². The quantitative estimate of drug-likeness (QED) is 0.693. The number of hydrogen-bond acceptors (Lipinski definition) is 6. The highest BCUT2D eigenvalue weighted by atomic mass is 16.6. The van der Waals surface area contributed by atoms with Crippen molar-refractivity contribution in [2.24, 2.45) is 0 Å². The predicted molar refractivity (Wildman–Crippen MR) is 105 cm³/mol. The van der Waals surface area contributed by atoms with E-state index in [1.54, 1.807) is 12.1 Å². The van der Waals surface area contributed by atoms with Crippen LogP contribution in [0.15, 0.2) is 42.5 Å². The first-order chi connectivity index (χ1) is 13.9. The van der Waals surface area contributed by atoms with Gasteiger partial charge in [-0.25, -0.2) is 0 Å². The van der Waals surface area contributed by atoms with Crippen LogP contribution in [0.1, 0.15) is 29.6 Å². The van der Waals surface area contributed by atoms with Crippen molar-refractivity contribution in [3.8, 4) is 23.0 Å². The van der Waals surface area contributed by atoms with Crippen LogP contribution in [-0.2, 0) is 4.74 Å². The minimum absolute atomic E-state index is 0.320. The highest BCUT2D eigenvalue weighted by molar-refractivity contribution is 5.81. The first-order valence-corrected chi connectivity index (χ1v) is 9.64. The Hall–Kier alpha value is -2.73. The third-order valence-corrected chi connectivity index (χ3v) is 4.25. The molecule has 1 aliphatic rings. The van der Waals surface area contributed by atoms with Crippen LogP contribution < -0.4 is 18.9 Å². The number of fused-ring (bicyclic) bond motifs is 2. The topological polar surface area (TPSA) is 63.2 Å². The normalized spacial score (nSPS) is 16.4. The molecule has 150 valence electrons. The molecule has 2 aromatic rings. The van der Waals surface area contributed by atoms with Crippen LogP contribution in [0.3, 0.4) is 0 Å². The van der Waals surface area contributed by atoms with E-state index >= 15 is 0 Å². The standard InChI is InChI=1S/C22H26O6/c23-17-18-7-6-10-21-22(18)28-16-14-24-13-15-27-20-9-3-2-8-19(20)25-11-4-1-5-12-26-21/h2-3,6-10,17H,1,4-5,11-16H2. The lowest BCUT2D eigenvalue weighted by molar-refractivity contribution is 0.0740. The summed E-state index contributed by atoms with van der Waals surface area (Å²) < 4.78 is 28.8. The Labute approximate surface area is 165 Å². The molecule has 1 aliphatic heterocycles. The highest BCUT2D eigenvalue weighted by Gasteiger charge is 2.11. The number of carbonyl (C=O) groups is 1. The lowest BCUT2D eigenvalue weighted by Gasteiger charge is -2.16. The van der Waals surface area contributed by atoms with E-state index in [-0.39, 0.29) is 0 Å². The van der Waals surface area contributed by atoms with Gasteiger partial charge < -0.3 is 23.7 Å². The zero-order valence-electron chi connectivity index (χ0n) is 15.9. The average molecular weight is 386 g/mol. The van der Waals surface area contributed by atoms with Gasteiger partial charge in [-0.1, -0.05) is 18.2 Å². The fraction of sp³-hybridized carbons (Fsp3) is 0.409. The summed E-state index contributed by atoms with van der Waals surface area (Å²) in [5.41, 5.74) is 0.472. The molecule has 0 bridgehead atoms. The van der Waals surface area contributed by atoms with E-state index in [0.29, 0.717) is 56.7 Å². The van der Waals surface area contributed by atoms with Crippen molar-refractivity contribution in [3.63, 3.8) is 0 Å². The molecule has 0 atom stereocenters. The Balaban J connectivity index is 1.61. The maximum atomic E-state index is 11.3. The van der Waals surface area contributed by atoms with Gasteiger partial charge in [-0.05, 0) is 43.5 Å². The number of benzene rings is 2. The Morgan fingerprint density at radius 2 is 1.21 bits per heavy atom. The third kappa shape index (κ3) is 5.89. The Morgan fingerprint density at radius 1 is 0.607 bits per heavy atom. The minimum atomic E-state index is 0.320. The smallest absolute Gasteiger partial charge is 0.171 e. The van der Waals surface area contributed by atoms with Crippen molar-refractivity contribution in [2.45, 2.75) is 19.3 Å². The summed E-state index contributed by atoms with van der Waals surface area (Å²) in [6, 6.07) is 13.0. The van der Waals surface area contributed by atoms with E-state index in [1.165, 1.54) is 0 Å². The van der Waals surface area contributed by atoms with Crippen LogP contribution in [0, 0.1) is 0 Å². The second-order valence-corrected chi connectivity index (χ2v) is 6.31. The van der Waals surface area contributed by atoms with Crippen LogP contribution in [0.5, 0.6) is 23.0 Å². The van der Waals surface area contributed by atoms with E-state index in [2.05, 4.69) is 0 Å². The third-order valence-electron chi connectivity index (χ3n) is 4.25. The molecule has 0 aromatic heterocycles. The summed E-state index contributed by atoms with van der Waals surface area (Å²) in [4.78, 5) is 11.3. The molecule has 0 aliphatic carbocycles. The summed E-state index contributed by atoms with van der Waals surface area (Å²) >= 11 is 0. The van der Waals surface area contributed by atoms with Gasteiger partial charge in [0.05, 0.1) is 32.0 Å².